The van der Waals surface area contributed by atoms with E-state index < -0.39 is 0 Å². The van der Waals surface area contributed by atoms with Gasteiger partial charge in [0, 0.05) is 13.2 Å². The molecule has 0 aliphatic carbocycles. The van der Waals surface area contributed by atoms with Gasteiger partial charge >= 0.3 is 0 Å². The second-order valence-electron chi connectivity index (χ2n) is 5.18. The van der Waals surface area contributed by atoms with Gasteiger partial charge in [0.2, 0.25) is 0 Å². The highest BCUT2D eigenvalue weighted by Gasteiger charge is 2.15. The molecule has 0 amide bonds. The standard InChI is InChI=1S/C17H18O3/c18-11-16-15-4-2-1-3-14(15)5-6-17(16)20-12-13-7-9-19-10-8-13/h1-6,11,13H,7-10,12H2. The van der Waals surface area contributed by atoms with Crippen molar-refractivity contribution in [3.05, 3.63) is 42.0 Å². The van der Waals surface area contributed by atoms with Crippen LogP contribution in [-0.4, -0.2) is 26.1 Å². The van der Waals surface area contributed by atoms with Gasteiger partial charge in [-0.1, -0.05) is 30.3 Å². The molecule has 0 radical (unpaired) electrons. The summed E-state index contributed by atoms with van der Waals surface area (Å²) in [6.07, 6.45) is 2.95. The van der Waals surface area contributed by atoms with Crippen molar-refractivity contribution in [1.29, 1.82) is 0 Å². The zero-order valence-electron chi connectivity index (χ0n) is 11.4. The fourth-order valence-corrected chi connectivity index (χ4v) is 2.64. The molecule has 3 nitrogen and oxygen atoms in total. The minimum atomic E-state index is 0.523. The van der Waals surface area contributed by atoms with Crippen LogP contribution in [0.1, 0.15) is 23.2 Å². The molecule has 1 heterocycles. The lowest BCUT2D eigenvalue weighted by molar-refractivity contribution is 0.0496. The number of fused-ring (bicyclic) bond motifs is 1. The van der Waals surface area contributed by atoms with E-state index in [4.69, 9.17) is 9.47 Å². The molecule has 3 heteroatoms. The van der Waals surface area contributed by atoms with E-state index in [1.54, 1.807) is 0 Å². The number of hydrogen-bond donors (Lipinski definition) is 0. The largest absolute Gasteiger partial charge is 0.493 e. The molecule has 1 aliphatic heterocycles. The van der Waals surface area contributed by atoms with E-state index in [0.29, 0.717) is 23.8 Å². The minimum absolute atomic E-state index is 0.523. The van der Waals surface area contributed by atoms with Crippen molar-refractivity contribution >= 4 is 17.1 Å². The van der Waals surface area contributed by atoms with E-state index >= 15 is 0 Å². The number of carbonyl (C=O) groups is 1. The van der Waals surface area contributed by atoms with Crippen LogP contribution in [0.5, 0.6) is 5.75 Å². The van der Waals surface area contributed by atoms with Gasteiger partial charge in [-0.05, 0) is 35.6 Å². The molecule has 0 saturated carbocycles. The van der Waals surface area contributed by atoms with Crippen LogP contribution >= 0.6 is 0 Å². The van der Waals surface area contributed by atoms with Gasteiger partial charge < -0.3 is 9.47 Å². The van der Waals surface area contributed by atoms with Crippen LogP contribution in [0.25, 0.3) is 10.8 Å². The Morgan fingerprint density at radius 2 is 1.95 bits per heavy atom. The smallest absolute Gasteiger partial charge is 0.154 e. The molecular weight excluding hydrogens is 252 g/mol. The van der Waals surface area contributed by atoms with Gasteiger partial charge in [0.15, 0.2) is 6.29 Å². The molecule has 2 aromatic carbocycles. The molecule has 3 rings (SSSR count). The van der Waals surface area contributed by atoms with Crippen LogP contribution in [0.4, 0.5) is 0 Å². The Morgan fingerprint density at radius 3 is 2.75 bits per heavy atom. The van der Waals surface area contributed by atoms with Crippen molar-refractivity contribution in [3.63, 3.8) is 0 Å². The molecule has 104 valence electrons. The second-order valence-corrected chi connectivity index (χ2v) is 5.18. The Bertz CT molecular complexity index is 600. The molecule has 1 fully saturated rings. The average molecular weight is 270 g/mol. The number of rotatable bonds is 4. The number of carbonyl (C=O) groups excluding carboxylic acids is 1. The molecule has 2 aromatic rings. The number of aldehydes is 1. The summed E-state index contributed by atoms with van der Waals surface area (Å²) in [6, 6.07) is 11.8. The van der Waals surface area contributed by atoms with Crippen molar-refractivity contribution in [3.8, 4) is 5.75 Å². The SMILES string of the molecule is O=Cc1c(OCC2CCOCC2)ccc2ccccc12. The van der Waals surface area contributed by atoms with Gasteiger partial charge in [-0.15, -0.1) is 0 Å². The molecule has 1 aliphatic rings. The number of benzene rings is 2. The first-order valence-electron chi connectivity index (χ1n) is 7.06. The van der Waals surface area contributed by atoms with Crippen LogP contribution in [0.2, 0.25) is 0 Å². The topological polar surface area (TPSA) is 35.5 Å². The lowest BCUT2D eigenvalue weighted by Gasteiger charge is -2.22. The lowest BCUT2D eigenvalue weighted by Crippen LogP contribution is -2.21. The first-order valence-corrected chi connectivity index (χ1v) is 7.06. The summed E-state index contributed by atoms with van der Waals surface area (Å²) in [6.45, 7) is 2.28. The summed E-state index contributed by atoms with van der Waals surface area (Å²) in [7, 11) is 0. The van der Waals surface area contributed by atoms with Crippen molar-refractivity contribution in [2.75, 3.05) is 19.8 Å². The summed E-state index contributed by atoms with van der Waals surface area (Å²) in [4.78, 5) is 11.4. The van der Waals surface area contributed by atoms with E-state index in [1.165, 1.54) is 0 Å². The third kappa shape index (κ3) is 2.68. The van der Waals surface area contributed by atoms with Crippen LogP contribution in [0, 0.1) is 5.92 Å². The zero-order valence-corrected chi connectivity index (χ0v) is 11.4. The molecule has 0 unspecified atom stereocenters. The molecule has 1 saturated heterocycles. The Hall–Kier alpha value is -1.87. The quantitative estimate of drug-likeness (QED) is 0.798. The van der Waals surface area contributed by atoms with Gasteiger partial charge in [-0.25, -0.2) is 0 Å². The first kappa shape index (κ1) is 13.1. The summed E-state index contributed by atoms with van der Waals surface area (Å²) < 4.78 is 11.2. The fourth-order valence-electron chi connectivity index (χ4n) is 2.64. The molecule has 0 N–H and O–H groups in total. The Kier molecular flexibility index (Phi) is 3.97. The molecule has 0 atom stereocenters. The highest BCUT2D eigenvalue weighted by atomic mass is 16.5. The Labute approximate surface area is 118 Å². The summed E-state index contributed by atoms with van der Waals surface area (Å²) in [5.41, 5.74) is 0.648. The van der Waals surface area contributed by atoms with Crippen LogP contribution in [0.3, 0.4) is 0 Å². The predicted molar refractivity (Wildman–Crippen MR) is 78.4 cm³/mol. The van der Waals surface area contributed by atoms with E-state index in [9.17, 15) is 4.79 Å². The van der Waals surface area contributed by atoms with Gasteiger partial charge in [-0.3, -0.25) is 4.79 Å². The van der Waals surface area contributed by atoms with Crippen LogP contribution < -0.4 is 4.74 Å². The van der Waals surface area contributed by atoms with E-state index in [2.05, 4.69) is 0 Å². The van der Waals surface area contributed by atoms with Gasteiger partial charge in [0.25, 0.3) is 0 Å². The average Bonchev–Trinajstić information content (AvgIpc) is 2.53. The Morgan fingerprint density at radius 1 is 1.15 bits per heavy atom. The van der Waals surface area contributed by atoms with Gasteiger partial charge in [0.05, 0.1) is 12.2 Å². The van der Waals surface area contributed by atoms with Gasteiger partial charge in [-0.2, -0.15) is 0 Å². The predicted octanol–water partition coefficient (Wildman–Crippen LogP) is 3.46. The summed E-state index contributed by atoms with van der Waals surface area (Å²) >= 11 is 0. The normalized spacial score (nSPS) is 16.2. The first-order chi connectivity index (χ1) is 9.88. The van der Waals surface area contributed by atoms with E-state index in [0.717, 1.165) is 43.1 Å². The molecule has 0 aromatic heterocycles. The molecular formula is C17H18O3. The lowest BCUT2D eigenvalue weighted by atomic mass is 10.0. The molecule has 20 heavy (non-hydrogen) atoms. The second kappa shape index (κ2) is 6.06. The van der Waals surface area contributed by atoms with Crippen LogP contribution in [-0.2, 0) is 4.74 Å². The third-order valence-corrected chi connectivity index (χ3v) is 3.86. The van der Waals surface area contributed by atoms with Crippen molar-refractivity contribution in [2.24, 2.45) is 5.92 Å². The maximum absolute atomic E-state index is 11.4. The molecule has 0 spiro atoms. The highest BCUT2D eigenvalue weighted by Crippen LogP contribution is 2.27. The van der Waals surface area contributed by atoms with E-state index in [-0.39, 0.29) is 0 Å². The maximum Gasteiger partial charge on any atom is 0.154 e. The van der Waals surface area contributed by atoms with E-state index in [1.807, 2.05) is 36.4 Å². The van der Waals surface area contributed by atoms with Gasteiger partial charge in [0.1, 0.15) is 5.75 Å². The maximum atomic E-state index is 11.4. The van der Waals surface area contributed by atoms with Crippen LogP contribution in [0.15, 0.2) is 36.4 Å². The van der Waals surface area contributed by atoms with Crippen molar-refractivity contribution in [1.82, 2.24) is 0 Å². The third-order valence-electron chi connectivity index (χ3n) is 3.86. The summed E-state index contributed by atoms with van der Waals surface area (Å²) in [5.74, 6) is 1.21. The van der Waals surface area contributed by atoms with Crippen molar-refractivity contribution < 1.29 is 14.3 Å². The monoisotopic (exact) mass is 270 g/mol. The molecule has 0 bridgehead atoms. The number of hydrogen-bond acceptors (Lipinski definition) is 3. The number of ether oxygens (including phenoxy) is 2. The fraction of sp³-hybridized carbons (Fsp3) is 0.353. The highest BCUT2D eigenvalue weighted by molar-refractivity contribution is 6.00. The summed E-state index contributed by atoms with van der Waals surface area (Å²) in [5, 5.41) is 2.01. The minimum Gasteiger partial charge on any atom is -0.493 e. The zero-order chi connectivity index (χ0) is 13.8. The van der Waals surface area contributed by atoms with Crippen molar-refractivity contribution in [2.45, 2.75) is 12.8 Å². The Balaban J connectivity index is 1.81.